The number of hydrogen-bond acceptors (Lipinski definition) is 7. The second-order valence-electron chi connectivity index (χ2n) is 10.1. The molecule has 44 heavy (non-hydrogen) atoms. The Kier molecular flexibility index (Phi) is 10.2. The zero-order valence-corrected chi connectivity index (χ0v) is 25.7. The van der Waals surface area contributed by atoms with E-state index in [1.54, 1.807) is 25.4 Å². The van der Waals surface area contributed by atoms with Crippen molar-refractivity contribution in [2.24, 2.45) is 0 Å². The molecule has 0 spiro atoms. The van der Waals surface area contributed by atoms with Gasteiger partial charge in [0.2, 0.25) is 5.91 Å². The van der Waals surface area contributed by atoms with Crippen LogP contribution in [0.25, 0.3) is 20.7 Å². The summed E-state index contributed by atoms with van der Waals surface area (Å²) in [7, 11) is 1.69. The van der Waals surface area contributed by atoms with Gasteiger partial charge in [-0.25, -0.2) is 8.78 Å². The van der Waals surface area contributed by atoms with E-state index in [2.05, 4.69) is 40.0 Å². The van der Waals surface area contributed by atoms with Crippen LogP contribution >= 0.6 is 23.6 Å². The van der Waals surface area contributed by atoms with Crippen LogP contribution in [-0.2, 0) is 22.5 Å². The number of thiophene rings is 1. The van der Waals surface area contributed by atoms with E-state index < -0.39 is 5.82 Å². The fourth-order valence-corrected chi connectivity index (χ4v) is 5.77. The fourth-order valence-electron chi connectivity index (χ4n) is 4.47. The van der Waals surface area contributed by atoms with E-state index in [-0.39, 0.29) is 35.0 Å². The molecule has 2 aromatic heterocycles. The molecule has 3 N–H and O–H groups in total. The highest BCUT2D eigenvalue weighted by atomic mass is 32.1. The number of amides is 1. The van der Waals surface area contributed by atoms with Gasteiger partial charge in [0.05, 0.1) is 23.2 Å². The Morgan fingerprint density at radius 2 is 1.82 bits per heavy atom. The van der Waals surface area contributed by atoms with Crippen molar-refractivity contribution in [3.05, 3.63) is 108 Å². The number of aromatic nitrogens is 1. The van der Waals surface area contributed by atoms with Crippen LogP contribution in [0.2, 0.25) is 0 Å². The van der Waals surface area contributed by atoms with E-state index in [0.717, 1.165) is 26.2 Å². The average molecular weight is 633 g/mol. The first-order valence-electron chi connectivity index (χ1n) is 13.8. The summed E-state index contributed by atoms with van der Waals surface area (Å²) in [4.78, 5) is 17.8. The molecule has 1 atom stereocenters. The molecule has 0 fully saturated rings. The molecule has 5 aromatic rings. The third-order valence-corrected chi connectivity index (χ3v) is 7.99. The summed E-state index contributed by atoms with van der Waals surface area (Å²) >= 11 is 6.72. The maximum absolute atomic E-state index is 15.1. The highest BCUT2D eigenvalue weighted by Crippen LogP contribution is 2.40. The summed E-state index contributed by atoms with van der Waals surface area (Å²) in [5.74, 6) is -0.859. The summed E-state index contributed by atoms with van der Waals surface area (Å²) in [6.07, 6.45) is 1.65. The van der Waals surface area contributed by atoms with Gasteiger partial charge in [0.15, 0.2) is 16.7 Å². The Bertz CT molecular complexity index is 1780. The number of thiocarbonyl (C=S) groups is 1. The Hall–Kier alpha value is -4.29. The van der Waals surface area contributed by atoms with Gasteiger partial charge < -0.3 is 25.4 Å². The summed E-state index contributed by atoms with van der Waals surface area (Å²) in [5.41, 5.74) is 3.93. The van der Waals surface area contributed by atoms with E-state index in [0.29, 0.717) is 30.2 Å². The number of hydrogen-bond donors (Lipinski definition) is 3. The molecule has 5 rings (SSSR count). The van der Waals surface area contributed by atoms with Crippen molar-refractivity contribution in [3.8, 4) is 21.9 Å². The maximum atomic E-state index is 15.1. The lowest BCUT2D eigenvalue weighted by Gasteiger charge is -2.13. The van der Waals surface area contributed by atoms with E-state index in [1.165, 1.54) is 47.7 Å². The van der Waals surface area contributed by atoms with Crippen LogP contribution in [-0.4, -0.2) is 35.8 Å². The van der Waals surface area contributed by atoms with Crippen molar-refractivity contribution in [3.63, 3.8) is 0 Å². The third-order valence-electron chi connectivity index (χ3n) is 6.60. The molecule has 0 radical (unpaired) electrons. The molecule has 0 bridgehead atoms. The van der Waals surface area contributed by atoms with Crippen molar-refractivity contribution >= 4 is 50.5 Å². The van der Waals surface area contributed by atoms with Crippen molar-refractivity contribution in [2.75, 3.05) is 19.0 Å². The summed E-state index contributed by atoms with van der Waals surface area (Å²) in [5, 5.41) is 8.80. The highest BCUT2D eigenvalue weighted by Gasteiger charge is 2.14. The quantitative estimate of drug-likeness (QED) is 0.133. The van der Waals surface area contributed by atoms with E-state index >= 15 is 4.39 Å². The lowest BCUT2D eigenvalue weighted by atomic mass is 10.1. The third kappa shape index (κ3) is 8.20. The molecule has 1 amide bonds. The minimum atomic E-state index is -0.611. The molecule has 2 heterocycles. The van der Waals surface area contributed by atoms with E-state index in [9.17, 15) is 9.18 Å². The molecule has 1 unspecified atom stereocenters. The largest absolute Gasteiger partial charge is 0.453 e. The number of halogens is 2. The Morgan fingerprint density at radius 3 is 2.59 bits per heavy atom. The summed E-state index contributed by atoms with van der Waals surface area (Å²) in [6, 6.07) is 22.2. The number of carbonyl (C=O) groups is 1. The first-order chi connectivity index (χ1) is 21.3. The van der Waals surface area contributed by atoms with Gasteiger partial charge in [-0.05, 0) is 72.2 Å². The first-order valence-corrected chi connectivity index (χ1v) is 15.0. The van der Waals surface area contributed by atoms with Gasteiger partial charge in [-0.2, -0.15) is 0 Å². The average Bonchev–Trinajstić information content (AvgIpc) is 3.44. The number of ether oxygens (including phenoxy) is 2. The lowest BCUT2D eigenvalue weighted by Crippen LogP contribution is -2.35. The van der Waals surface area contributed by atoms with E-state index in [1.807, 2.05) is 18.2 Å². The van der Waals surface area contributed by atoms with E-state index in [4.69, 9.17) is 21.7 Å². The Morgan fingerprint density at radius 1 is 1.00 bits per heavy atom. The van der Waals surface area contributed by atoms with Gasteiger partial charge in [0, 0.05) is 48.6 Å². The van der Waals surface area contributed by atoms with Crippen molar-refractivity contribution < 1.29 is 23.0 Å². The number of anilines is 1. The number of methoxy groups -OCH3 is 1. The van der Waals surface area contributed by atoms with Gasteiger partial charge in [-0.1, -0.05) is 30.3 Å². The number of rotatable bonds is 11. The topological polar surface area (TPSA) is 84.5 Å². The zero-order chi connectivity index (χ0) is 31.1. The predicted molar refractivity (Wildman–Crippen MR) is 174 cm³/mol. The normalized spacial score (nSPS) is 11.7. The molecule has 226 valence electrons. The number of benzene rings is 3. The minimum Gasteiger partial charge on any atom is -0.453 e. The standard InChI is InChI=1S/C33H30F2N4O3S2/c1-20(19-41-2)37-18-22-4-3-5-23(14-22)30-17-27-32(44-30)29(12-13-36-27)42-28-11-10-25(16-26(28)35)38-33(43)39-31(40)15-21-6-8-24(34)9-7-21/h3-14,16-17,20,37H,15,18-19H2,1-2H3,(H2,38,39,40,43). The van der Waals surface area contributed by atoms with Crippen molar-refractivity contribution in [1.82, 2.24) is 15.6 Å². The van der Waals surface area contributed by atoms with Crippen LogP contribution in [0.3, 0.4) is 0 Å². The van der Waals surface area contributed by atoms with Crippen molar-refractivity contribution in [1.29, 1.82) is 0 Å². The predicted octanol–water partition coefficient (Wildman–Crippen LogP) is 7.21. The smallest absolute Gasteiger partial charge is 0.230 e. The second-order valence-corrected chi connectivity index (χ2v) is 11.6. The fraction of sp³-hybridized carbons (Fsp3) is 0.182. The Labute approximate surface area is 263 Å². The molecule has 0 aliphatic rings. The lowest BCUT2D eigenvalue weighted by molar-refractivity contribution is -0.119. The SMILES string of the molecule is COCC(C)NCc1cccc(-c2cc3nccc(Oc4ccc(NC(=S)NC(=O)Cc5ccc(F)cc5)cc4F)c3s2)c1. The monoisotopic (exact) mass is 632 g/mol. The van der Waals surface area contributed by atoms with Gasteiger partial charge in [-0.15, -0.1) is 11.3 Å². The molecule has 0 aliphatic carbocycles. The molecular formula is C33H30F2N4O3S2. The molecule has 3 aromatic carbocycles. The summed E-state index contributed by atoms with van der Waals surface area (Å²) < 4.78 is 40.2. The Balaban J connectivity index is 1.24. The van der Waals surface area contributed by atoms with Gasteiger partial charge in [0.1, 0.15) is 11.6 Å². The molecule has 11 heteroatoms. The van der Waals surface area contributed by atoms with Crippen LogP contribution < -0.4 is 20.7 Å². The molecular weight excluding hydrogens is 603 g/mol. The van der Waals surface area contributed by atoms with Crippen LogP contribution in [0.1, 0.15) is 18.1 Å². The molecule has 0 aliphatic heterocycles. The maximum Gasteiger partial charge on any atom is 0.230 e. The number of carbonyl (C=O) groups excluding carboxylic acids is 1. The number of nitrogens with zero attached hydrogens (tertiary/aromatic N) is 1. The zero-order valence-electron chi connectivity index (χ0n) is 24.0. The first kappa shape index (κ1) is 31.1. The minimum absolute atomic E-state index is 0.0106. The van der Waals surface area contributed by atoms with Gasteiger partial charge in [-0.3, -0.25) is 9.78 Å². The highest BCUT2D eigenvalue weighted by molar-refractivity contribution is 7.80. The van der Waals surface area contributed by atoms with Gasteiger partial charge in [0.25, 0.3) is 0 Å². The summed E-state index contributed by atoms with van der Waals surface area (Å²) in [6.45, 7) is 3.43. The number of fused-ring (bicyclic) bond motifs is 1. The van der Waals surface area contributed by atoms with Crippen LogP contribution in [0.15, 0.2) is 85.1 Å². The molecule has 7 nitrogen and oxygen atoms in total. The van der Waals surface area contributed by atoms with Gasteiger partial charge >= 0.3 is 0 Å². The number of nitrogens with one attached hydrogen (secondary N) is 3. The van der Waals surface area contributed by atoms with Crippen LogP contribution in [0, 0.1) is 11.6 Å². The molecule has 0 saturated carbocycles. The van der Waals surface area contributed by atoms with Crippen LogP contribution in [0.5, 0.6) is 11.5 Å². The second kappa shape index (κ2) is 14.5. The van der Waals surface area contributed by atoms with Crippen LogP contribution in [0.4, 0.5) is 14.5 Å². The van der Waals surface area contributed by atoms with Crippen molar-refractivity contribution in [2.45, 2.75) is 25.9 Å². The molecule has 0 saturated heterocycles. The number of pyridine rings is 1.